The molecule has 4 aromatic rings. The van der Waals surface area contributed by atoms with Crippen molar-refractivity contribution in [3.63, 3.8) is 0 Å². The Morgan fingerprint density at radius 1 is 0.781 bits per heavy atom. The maximum absolute atomic E-state index is 14.7. The van der Waals surface area contributed by atoms with Gasteiger partial charge >= 0.3 is 0 Å². The number of rotatable bonds is 10. The number of nitrogens with zero attached hydrogens (tertiary/aromatic N) is 7. The Labute approximate surface area is 371 Å². The number of aromatic hydroxyl groups is 1. The third kappa shape index (κ3) is 7.51. The van der Waals surface area contributed by atoms with Crippen LogP contribution in [0.2, 0.25) is 0 Å². The van der Waals surface area contributed by atoms with Gasteiger partial charge in [-0.05, 0) is 87.0 Å². The zero-order valence-electron chi connectivity index (χ0n) is 35.8. The molecule has 332 valence electrons. The van der Waals surface area contributed by atoms with Gasteiger partial charge in [0.1, 0.15) is 11.8 Å². The summed E-state index contributed by atoms with van der Waals surface area (Å²) in [5.74, 6) is -1.38. The average Bonchev–Trinajstić information content (AvgIpc) is 3.84. The minimum Gasteiger partial charge on any atom is -0.507 e. The molecule has 7 heterocycles. The number of carbonyl (C=O) groups is 5. The lowest BCUT2D eigenvalue weighted by molar-refractivity contribution is -0.150. The zero-order valence-corrected chi connectivity index (χ0v) is 35.8. The van der Waals surface area contributed by atoms with Crippen molar-refractivity contribution >= 4 is 46.7 Å². The van der Waals surface area contributed by atoms with Gasteiger partial charge < -0.3 is 35.2 Å². The number of aromatic nitrogens is 2. The zero-order chi connectivity index (χ0) is 44.2. The number of benzene rings is 3. The molecule has 16 heteroatoms. The molecule has 5 fully saturated rings. The Hall–Kier alpha value is -6.39. The molecule has 4 N–H and O–H groups in total. The molecule has 0 saturated carbocycles. The van der Waals surface area contributed by atoms with Gasteiger partial charge in [0.05, 0.1) is 40.6 Å². The number of nitrogens with two attached hydrogens (primary N) is 1. The van der Waals surface area contributed by atoms with Crippen molar-refractivity contribution in [2.24, 2.45) is 5.41 Å². The highest BCUT2D eigenvalue weighted by Gasteiger charge is 2.54. The number of para-hydroxylation sites is 1. The van der Waals surface area contributed by atoms with Crippen LogP contribution in [0.25, 0.3) is 11.3 Å². The van der Waals surface area contributed by atoms with E-state index in [2.05, 4.69) is 47.2 Å². The van der Waals surface area contributed by atoms with E-state index in [4.69, 9.17) is 10.5 Å². The van der Waals surface area contributed by atoms with Gasteiger partial charge in [0.25, 0.3) is 11.8 Å². The molecule has 1 aromatic heterocycles. The monoisotopic (exact) mass is 867 g/mol. The minimum absolute atomic E-state index is 0.0829. The molecule has 6 aliphatic rings. The second-order valence-corrected chi connectivity index (χ2v) is 18.4. The van der Waals surface area contributed by atoms with Gasteiger partial charge in [-0.1, -0.05) is 42.5 Å². The number of ether oxygens (including phenoxy) is 1. The van der Waals surface area contributed by atoms with Crippen molar-refractivity contribution in [1.82, 2.24) is 30.2 Å². The lowest BCUT2D eigenvalue weighted by atomic mass is 9.69. The lowest BCUT2D eigenvalue weighted by Crippen LogP contribution is -2.64. The first kappa shape index (κ1) is 41.6. The number of carbonyl (C=O) groups excluding carboxylic acids is 5. The van der Waals surface area contributed by atoms with Crippen molar-refractivity contribution in [3.05, 3.63) is 95.6 Å². The van der Waals surface area contributed by atoms with E-state index in [1.807, 2.05) is 36.4 Å². The minimum atomic E-state index is -0.986. The second-order valence-electron chi connectivity index (χ2n) is 18.4. The van der Waals surface area contributed by atoms with Crippen LogP contribution < -0.4 is 20.9 Å². The highest BCUT2D eigenvalue weighted by Crippen LogP contribution is 2.46. The van der Waals surface area contributed by atoms with Gasteiger partial charge in [-0.3, -0.25) is 34.2 Å². The van der Waals surface area contributed by atoms with Gasteiger partial charge in [-0.15, -0.1) is 10.2 Å². The Morgan fingerprint density at radius 2 is 1.52 bits per heavy atom. The number of amides is 5. The van der Waals surface area contributed by atoms with Crippen LogP contribution in [-0.2, 0) is 24.5 Å². The van der Waals surface area contributed by atoms with Crippen LogP contribution in [0.5, 0.6) is 5.75 Å². The number of likely N-dealkylation sites (tertiary alicyclic amines) is 2. The van der Waals surface area contributed by atoms with Crippen LogP contribution in [0.15, 0.2) is 78.9 Å². The van der Waals surface area contributed by atoms with Crippen molar-refractivity contribution in [3.8, 4) is 17.0 Å². The molecule has 16 nitrogen and oxygen atoms in total. The summed E-state index contributed by atoms with van der Waals surface area (Å²) < 4.78 is 6.41. The van der Waals surface area contributed by atoms with E-state index in [0.717, 1.165) is 86.9 Å². The number of fused-ring (bicyclic) bond motifs is 1. The normalized spacial score (nSPS) is 22.2. The van der Waals surface area contributed by atoms with Crippen molar-refractivity contribution in [2.45, 2.75) is 62.5 Å². The average molecular weight is 868 g/mol. The number of piperidine rings is 3. The van der Waals surface area contributed by atoms with Crippen LogP contribution >= 0.6 is 0 Å². The number of phenolic OH excluding ortho intramolecular Hbond substituents is 1. The summed E-state index contributed by atoms with van der Waals surface area (Å²) in [5.41, 5.74) is 10.2. The number of hydrogen-bond acceptors (Lipinski definition) is 13. The van der Waals surface area contributed by atoms with Crippen molar-refractivity contribution < 1.29 is 33.8 Å². The second kappa shape index (κ2) is 16.6. The number of nitrogens with one attached hydrogen (secondary N) is 1. The van der Waals surface area contributed by atoms with E-state index in [9.17, 15) is 29.1 Å². The summed E-state index contributed by atoms with van der Waals surface area (Å²) in [6, 6.07) is 23.4. The van der Waals surface area contributed by atoms with E-state index in [1.54, 1.807) is 30.3 Å². The van der Waals surface area contributed by atoms with E-state index < -0.39 is 35.1 Å². The molecular weight excluding hydrogens is 815 g/mol. The predicted octanol–water partition coefficient (Wildman–Crippen LogP) is 3.59. The van der Waals surface area contributed by atoms with Crippen LogP contribution in [0.3, 0.4) is 0 Å². The van der Waals surface area contributed by atoms with Crippen LogP contribution in [0.1, 0.15) is 71.2 Å². The molecule has 1 unspecified atom stereocenters. The van der Waals surface area contributed by atoms with Gasteiger partial charge in [-0.25, -0.2) is 0 Å². The third-order valence-electron chi connectivity index (χ3n) is 14.5. The van der Waals surface area contributed by atoms with E-state index in [1.165, 1.54) is 0 Å². The Balaban J connectivity index is 0.701. The molecule has 0 aliphatic carbocycles. The highest BCUT2D eigenvalue weighted by atomic mass is 16.5. The summed E-state index contributed by atoms with van der Waals surface area (Å²) >= 11 is 0. The lowest BCUT2D eigenvalue weighted by Gasteiger charge is -2.53. The number of phenols is 1. The summed E-state index contributed by atoms with van der Waals surface area (Å²) in [6.07, 6.45) is 4.32. The Morgan fingerprint density at radius 3 is 2.27 bits per heavy atom. The Bertz CT molecular complexity index is 2500. The van der Waals surface area contributed by atoms with Crippen LogP contribution in [-0.4, -0.2) is 137 Å². The van der Waals surface area contributed by atoms with Crippen LogP contribution in [0, 0.1) is 5.41 Å². The van der Waals surface area contributed by atoms with Gasteiger partial charge in [0, 0.05) is 75.4 Å². The van der Waals surface area contributed by atoms with E-state index in [0.29, 0.717) is 49.6 Å². The standard InChI is InChI=1S/C48H53N9O7/c49-42-39(27-37(51-52-42)35-8-4-5-9-40(35)58)55-22-17-48(18-23-55,31-6-2-1-3-7-31)46(63)56-29-47(30-56)16-21-53(28-47)24-25-64-33-14-19-54(20-15-33)32-10-11-34-36(26-32)45(62)57(44(34)61)38-12-13-41(59)50-43(38)60/h1-11,26-27,33,38,58H,12-25,28-30H2,(H2,49,52)(H,50,59,60). The van der Waals surface area contributed by atoms with Crippen LogP contribution in [0.4, 0.5) is 17.2 Å². The van der Waals surface area contributed by atoms with E-state index in [-0.39, 0.29) is 47.1 Å². The first-order chi connectivity index (χ1) is 31.0. The smallest absolute Gasteiger partial charge is 0.262 e. The number of nitrogen functional groups attached to an aromatic ring is 1. The maximum Gasteiger partial charge on any atom is 0.262 e. The molecule has 1 spiro atoms. The first-order valence-electron chi connectivity index (χ1n) is 22.5. The summed E-state index contributed by atoms with van der Waals surface area (Å²) in [7, 11) is 0. The van der Waals surface area contributed by atoms with Crippen molar-refractivity contribution in [2.75, 3.05) is 81.0 Å². The highest BCUT2D eigenvalue weighted by molar-refractivity contribution is 6.23. The molecule has 64 heavy (non-hydrogen) atoms. The SMILES string of the molecule is Nc1nnc(-c2ccccc2O)cc1N1CCC(C(=O)N2CC3(CCN(CCOC4CCN(c5ccc6c(c5)C(=O)N(C5CCC(=O)NC5=O)C6=O)CC4)C3)C2)(c2ccccc2)CC1. The van der Waals surface area contributed by atoms with Gasteiger partial charge in [0.2, 0.25) is 17.7 Å². The maximum atomic E-state index is 14.7. The molecule has 10 rings (SSSR count). The molecule has 5 amide bonds. The molecule has 0 radical (unpaired) electrons. The van der Waals surface area contributed by atoms with E-state index >= 15 is 0 Å². The topological polar surface area (TPSA) is 195 Å². The first-order valence-corrected chi connectivity index (χ1v) is 22.5. The van der Waals surface area contributed by atoms with Gasteiger partial charge in [0.15, 0.2) is 5.82 Å². The fraction of sp³-hybridized carbons (Fsp3) is 0.438. The number of hydrogen-bond donors (Lipinski definition) is 3. The number of imide groups is 2. The summed E-state index contributed by atoms with van der Waals surface area (Å²) in [4.78, 5) is 75.3. The summed E-state index contributed by atoms with van der Waals surface area (Å²) in [5, 5.41) is 21.2. The molecule has 3 aromatic carbocycles. The largest absolute Gasteiger partial charge is 0.507 e. The Kier molecular flexibility index (Phi) is 10.8. The third-order valence-corrected chi connectivity index (χ3v) is 14.5. The van der Waals surface area contributed by atoms with Gasteiger partial charge in [-0.2, -0.15) is 0 Å². The fourth-order valence-electron chi connectivity index (χ4n) is 11.0. The molecular formula is C48H53N9O7. The summed E-state index contributed by atoms with van der Waals surface area (Å²) in [6.45, 7) is 7.63. The molecule has 0 bridgehead atoms. The predicted molar refractivity (Wildman–Crippen MR) is 237 cm³/mol. The molecule has 1 atom stereocenters. The van der Waals surface area contributed by atoms with Crippen molar-refractivity contribution in [1.29, 1.82) is 0 Å². The quantitative estimate of drug-likeness (QED) is 0.196. The molecule has 5 saturated heterocycles. The number of anilines is 3. The fourth-order valence-corrected chi connectivity index (χ4v) is 11.0. The molecule has 6 aliphatic heterocycles.